The lowest BCUT2D eigenvalue weighted by molar-refractivity contribution is 0.476. The van der Waals surface area contributed by atoms with Crippen molar-refractivity contribution in [2.45, 2.75) is 27.7 Å². The Hall–Kier alpha value is -3.61. The third kappa shape index (κ3) is 6.28. The predicted molar refractivity (Wildman–Crippen MR) is 121 cm³/mol. The molecule has 7 heteroatoms. The van der Waals surface area contributed by atoms with Crippen LogP contribution in [0.2, 0.25) is 0 Å². The van der Waals surface area contributed by atoms with Crippen LogP contribution in [0.3, 0.4) is 0 Å². The summed E-state index contributed by atoms with van der Waals surface area (Å²) in [6.07, 6.45) is 0. The molecule has 7 nitrogen and oxygen atoms in total. The van der Waals surface area contributed by atoms with Gasteiger partial charge in [-0.15, -0.1) is 0 Å². The van der Waals surface area contributed by atoms with E-state index in [4.69, 9.17) is 17.2 Å². The Bertz CT molecular complexity index is 776. The summed E-state index contributed by atoms with van der Waals surface area (Å²) in [6, 6.07) is 15.9. The maximum absolute atomic E-state index is 9.86. The number of nitrogens with one attached hydrogen (secondary N) is 2. The van der Waals surface area contributed by atoms with Gasteiger partial charge < -0.3 is 32.9 Å². The molecular formula is C21H30N6O. The Morgan fingerprint density at radius 3 is 1.61 bits per heavy atom. The Balaban J connectivity index is 0.000000921. The van der Waals surface area contributed by atoms with Gasteiger partial charge in [0, 0.05) is 28.8 Å². The molecule has 0 saturated heterocycles. The standard InChI is InChI=1S/C17H18N6O.2C2H6/c18-10-1-5-12(6-2-10)21-14-9-15(24)16(20)23-17(14)22-13-7-3-11(19)4-8-13;2*1-2/h1-9,21,24H,18-19H2,(H3,20,22,23);2*1-2H3. The van der Waals surface area contributed by atoms with Crippen molar-refractivity contribution < 1.29 is 5.11 Å². The van der Waals surface area contributed by atoms with Crippen molar-refractivity contribution in [3.05, 3.63) is 54.6 Å². The number of nitrogens with zero attached hydrogens (tertiary/aromatic N) is 1. The monoisotopic (exact) mass is 382 g/mol. The van der Waals surface area contributed by atoms with E-state index in [9.17, 15) is 5.11 Å². The van der Waals surface area contributed by atoms with Crippen molar-refractivity contribution in [2.24, 2.45) is 0 Å². The molecule has 0 bridgehead atoms. The first-order chi connectivity index (χ1) is 13.5. The van der Waals surface area contributed by atoms with Crippen LogP contribution in [0.1, 0.15) is 27.7 Å². The van der Waals surface area contributed by atoms with Gasteiger partial charge in [0.25, 0.3) is 0 Å². The van der Waals surface area contributed by atoms with E-state index in [0.717, 1.165) is 11.4 Å². The van der Waals surface area contributed by atoms with E-state index in [0.29, 0.717) is 22.9 Å². The molecule has 0 spiro atoms. The molecule has 0 unspecified atom stereocenters. The van der Waals surface area contributed by atoms with Crippen LogP contribution < -0.4 is 27.8 Å². The van der Waals surface area contributed by atoms with E-state index < -0.39 is 0 Å². The molecule has 3 rings (SSSR count). The van der Waals surface area contributed by atoms with E-state index >= 15 is 0 Å². The van der Waals surface area contributed by atoms with Crippen LogP contribution in [0.4, 0.5) is 40.1 Å². The van der Waals surface area contributed by atoms with Gasteiger partial charge in [-0.1, -0.05) is 27.7 Å². The fraction of sp³-hybridized carbons (Fsp3) is 0.190. The average molecular weight is 383 g/mol. The molecule has 1 heterocycles. The van der Waals surface area contributed by atoms with Gasteiger partial charge in [-0.2, -0.15) is 0 Å². The van der Waals surface area contributed by atoms with E-state index in [2.05, 4.69) is 15.6 Å². The van der Waals surface area contributed by atoms with Crippen LogP contribution in [-0.2, 0) is 0 Å². The number of hydrogen-bond acceptors (Lipinski definition) is 7. The van der Waals surface area contributed by atoms with E-state index in [1.54, 1.807) is 24.3 Å². The molecule has 3 aromatic rings. The average Bonchev–Trinajstić information content (AvgIpc) is 2.72. The van der Waals surface area contributed by atoms with Crippen molar-refractivity contribution in [3.8, 4) is 5.75 Å². The predicted octanol–water partition coefficient (Wildman–Crippen LogP) is 5.07. The first kappa shape index (κ1) is 22.4. The molecule has 0 aliphatic rings. The highest BCUT2D eigenvalue weighted by molar-refractivity contribution is 5.79. The minimum Gasteiger partial charge on any atom is -0.504 e. The van der Waals surface area contributed by atoms with Crippen LogP contribution in [0.15, 0.2) is 54.6 Å². The molecule has 0 fully saturated rings. The number of aromatic nitrogens is 1. The van der Waals surface area contributed by atoms with Crippen LogP contribution >= 0.6 is 0 Å². The molecule has 2 aromatic carbocycles. The number of nitrogen functional groups attached to an aromatic ring is 3. The second-order valence-corrected chi connectivity index (χ2v) is 5.28. The van der Waals surface area contributed by atoms with Crippen molar-refractivity contribution in [1.82, 2.24) is 4.98 Å². The number of hydrogen-bond donors (Lipinski definition) is 6. The zero-order valence-electron chi connectivity index (χ0n) is 16.8. The molecule has 0 aliphatic carbocycles. The minimum absolute atomic E-state index is 0.0378. The summed E-state index contributed by atoms with van der Waals surface area (Å²) in [5.74, 6) is 0.415. The molecule has 1 aromatic heterocycles. The number of rotatable bonds is 4. The lowest BCUT2D eigenvalue weighted by atomic mass is 10.2. The molecule has 0 aliphatic heterocycles. The van der Waals surface area contributed by atoms with Gasteiger partial charge in [0.05, 0.1) is 5.69 Å². The van der Waals surface area contributed by atoms with E-state index in [1.807, 2.05) is 52.0 Å². The Labute approximate surface area is 166 Å². The molecule has 0 amide bonds. The van der Waals surface area contributed by atoms with E-state index in [1.165, 1.54) is 6.07 Å². The number of benzene rings is 2. The highest BCUT2D eigenvalue weighted by Crippen LogP contribution is 2.33. The minimum atomic E-state index is -0.101. The second-order valence-electron chi connectivity index (χ2n) is 5.28. The lowest BCUT2D eigenvalue weighted by Gasteiger charge is -2.15. The summed E-state index contributed by atoms with van der Waals surface area (Å²) < 4.78 is 0. The molecule has 0 radical (unpaired) electrons. The van der Waals surface area contributed by atoms with Crippen LogP contribution in [0.5, 0.6) is 5.75 Å². The van der Waals surface area contributed by atoms with Crippen molar-refractivity contribution in [3.63, 3.8) is 0 Å². The van der Waals surface area contributed by atoms with Crippen molar-refractivity contribution >= 4 is 40.1 Å². The highest BCUT2D eigenvalue weighted by Gasteiger charge is 2.10. The molecule has 150 valence electrons. The summed E-state index contributed by atoms with van der Waals surface area (Å²) in [5, 5.41) is 16.2. The number of anilines is 7. The summed E-state index contributed by atoms with van der Waals surface area (Å²) in [4.78, 5) is 4.20. The molecular weight excluding hydrogens is 352 g/mol. The summed E-state index contributed by atoms with van der Waals surface area (Å²) in [5.41, 5.74) is 20.6. The largest absolute Gasteiger partial charge is 0.504 e. The SMILES string of the molecule is CC.CC.Nc1ccc(Nc2cc(O)c(N)nc2Nc2ccc(N)cc2)cc1. The quantitative estimate of drug-likeness (QED) is 0.347. The van der Waals surface area contributed by atoms with Gasteiger partial charge in [0.15, 0.2) is 17.4 Å². The third-order valence-electron chi connectivity index (χ3n) is 3.39. The molecule has 28 heavy (non-hydrogen) atoms. The lowest BCUT2D eigenvalue weighted by Crippen LogP contribution is -2.03. The summed E-state index contributed by atoms with van der Waals surface area (Å²) in [7, 11) is 0. The fourth-order valence-electron chi connectivity index (χ4n) is 2.13. The topological polar surface area (TPSA) is 135 Å². The van der Waals surface area contributed by atoms with Crippen LogP contribution in [-0.4, -0.2) is 10.1 Å². The smallest absolute Gasteiger partial charge is 0.168 e. The maximum Gasteiger partial charge on any atom is 0.168 e. The van der Waals surface area contributed by atoms with Gasteiger partial charge in [0.2, 0.25) is 0 Å². The number of pyridine rings is 1. The Kier molecular flexibility index (Phi) is 8.95. The maximum atomic E-state index is 9.86. The number of nitrogens with two attached hydrogens (primary N) is 3. The van der Waals surface area contributed by atoms with Crippen LogP contribution in [0, 0.1) is 0 Å². The summed E-state index contributed by atoms with van der Waals surface area (Å²) in [6.45, 7) is 8.00. The summed E-state index contributed by atoms with van der Waals surface area (Å²) >= 11 is 0. The van der Waals surface area contributed by atoms with E-state index in [-0.39, 0.29) is 11.6 Å². The van der Waals surface area contributed by atoms with Crippen molar-refractivity contribution in [1.29, 1.82) is 0 Å². The molecule has 0 saturated carbocycles. The van der Waals surface area contributed by atoms with Gasteiger partial charge in [-0.05, 0) is 48.5 Å². The normalized spacial score (nSPS) is 9.29. The fourth-order valence-corrected chi connectivity index (χ4v) is 2.13. The first-order valence-electron chi connectivity index (χ1n) is 9.26. The number of aromatic hydroxyl groups is 1. The van der Waals surface area contributed by atoms with Gasteiger partial charge in [-0.3, -0.25) is 0 Å². The Morgan fingerprint density at radius 2 is 1.14 bits per heavy atom. The van der Waals surface area contributed by atoms with Crippen molar-refractivity contribution in [2.75, 3.05) is 27.8 Å². The first-order valence-corrected chi connectivity index (χ1v) is 9.26. The van der Waals surface area contributed by atoms with Gasteiger partial charge in [0.1, 0.15) is 0 Å². The highest BCUT2D eigenvalue weighted by atomic mass is 16.3. The second kappa shape index (κ2) is 11.2. The Morgan fingerprint density at radius 1 is 0.714 bits per heavy atom. The zero-order valence-corrected chi connectivity index (χ0v) is 16.8. The van der Waals surface area contributed by atoms with Crippen LogP contribution in [0.25, 0.3) is 0 Å². The third-order valence-corrected chi connectivity index (χ3v) is 3.39. The molecule has 9 N–H and O–H groups in total. The molecule has 0 atom stereocenters. The zero-order chi connectivity index (χ0) is 21.1. The van der Waals surface area contributed by atoms with Gasteiger partial charge >= 0.3 is 0 Å². The van der Waals surface area contributed by atoms with Gasteiger partial charge in [-0.25, -0.2) is 4.98 Å².